The van der Waals surface area contributed by atoms with Crippen LogP contribution in [0.2, 0.25) is 0 Å². The molecule has 0 bridgehead atoms. The van der Waals surface area contributed by atoms with Gasteiger partial charge < -0.3 is 5.32 Å². The molecule has 3 rings (SSSR count). The fourth-order valence-corrected chi connectivity index (χ4v) is 3.84. The number of pyridine rings is 1. The number of rotatable bonds is 3. The van der Waals surface area contributed by atoms with Crippen molar-refractivity contribution in [3.63, 3.8) is 0 Å². The first-order chi connectivity index (χ1) is 11.1. The molecule has 1 aliphatic rings. The zero-order valence-electron chi connectivity index (χ0n) is 12.5. The molecule has 0 aliphatic carbocycles. The van der Waals surface area contributed by atoms with Crippen molar-refractivity contribution in [1.82, 2.24) is 14.6 Å². The van der Waals surface area contributed by atoms with Crippen LogP contribution in [0.1, 0.15) is 6.42 Å². The van der Waals surface area contributed by atoms with E-state index in [1.165, 1.54) is 10.4 Å². The lowest BCUT2D eigenvalue weighted by atomic mass is 10.1. The molecule has 0 atom stereocenters. The van der Waals surface area contributed by atoms with Crippen molar-refractivity contribution < 1.29 is 13.2 Å². The van der Waals surface area contributed by atoms with Crippen LogP contribution in [-0.2, 0) is 14.8 Å². The summed E-state index contributed by atoms with van der Waals surface area (Å²) in [5.74, 6) is -0.131. The standard InChI is InChI=1S/C16H17N3O3S/c20-15-9-11-19(12-10-17-15)23(21,22)16-8-4-7-14(18-16)13-5-2-1-3-6-13/h1-8H,9-12H2,(H,17,20). The van der Waals surface area contributed by atoms with E-state index in [1.54, 1.807) is 12.1 Å². The second-order valence-electron chi connectivity index (χ2n) is 5.23. The van der Waals surface area contributed by atoms with Crippen LogP contribution >= 0.6 is 0 Å². The summed E-state index contributed by atoms with van der Waals surface area (Å²) in [5, 5.41) is 2.68. The highest BCUT2D eigenvalue weighted by molar-refractivity contribution is 7.89. The molecular formula is C16H17N3O3S. The van der Waals surface area contributed by atoms with Gasteiger partial charge in [0, 0.05) is 31.6 Å². The molecular weight excluding hydrogens is 314 g/mol. The first-order valence-corrected chi connectivity index (χ1v) is 8.81. The van der Waals surface area contributed by atoms with Crippen LogP contribution in [0.4, 0.5) is 0 Å². The summed E-state index contributed by atoms with van der Waals surface area (Å²) >= 11 is 0. The Balaban J connectivity index is 1.93. The zero-order valence-corrected chi connectivity index (χ0v) is 13.3. The monoisotopic (exact) mass is 331 g/mol. The fraction of sp³-hybridized carbons (Fsp3) is 0.250. The number of sulfonamides is 1. The molecule has 1 saturated heterocycles. The second kappa shape index (κ2) is 6.47. The molecule has 120 valence electrons. The molecule has 2 heterocycles. The van der Waals surface area contributed by atoms with Crippen LogP contribution in [0, 0.1) is 0 Å². The summed E-state index contributed by atoms with van der Waals surface area (Å²) in [4.78, 5) is 15.7. The SMILES string of the molecule is O=C1CCN(S(=O)(=O)c2cccc(-c3ccccc3)n2)CCN1. The maximum atomic E-state index is 12.8. The minimum atomic E-state index is -3.71. The molecule has 6 nitrogen and oxygen atoms in total. The van der Waals surface area contributed by atoms with Gasteiger partial charge in [-0.05, 0) is 12.1 Å². The minimum Gasteiger partial charge on any atom is -0.355 e. The highest BCUT2D eigenvalue weighted by Crippen LogP contribution is 2.20. The van der Waals surface area contributed by atoms with Gasteiger partial charge >= 0.3 is 0 Å². The molecule has 23 heavy (non-hydrogen) atoms. The van der Waals surface area contributed by atoms with Crippen molar-refractivity contribution in [2.24, 2.45) is 0 Å². The van der Waals surface area contributed by atoms with Crippen LogP contribution in [0.3, 0.4) is 0 Å². The lowest BCUT2D eigenvalue weighted by Gasteiger charge is -2.18. The summed E-state index contributed by atoms with van der Waals surface area (Å²) in [6.45, 7) is 0.743. The third kappa shape index (κ3) is 3.40. The number of carbonyl (C=O) groups is 1. The van der Waals surface area contributed by atoms with Gasteiger partial charge in [0.1, 0.15) is 0 Å². The molecule has 7 heteroatoms. The van der Waals surface area contributed by atoms with E-state index in [2.05, 4.69) is 10.3 Å². The number of carbonyl (C=O) groups excluding carboxylic acids is 1. The minimum absolute atomic E-state index is 0.00759. The molecule has 2 aromatic rings. The molecule has 1 fully saturated rings. The van der Waals surface area contributed by atoms with Crippen molar-refractivity contribution in [1.29, 1.82) is 0 Å². The predicted molar refractivity (Wildman–Crippen MR) is 86.1 cm³/mol. The first-order valence-electron chi connectivity index (χ1n) is 7.37. The third-order valence-electron chi connectivity index (χ3n) is 3.67. The van der Waals surface area contributed by atoms with Crippen LogP contribution in [0.5, 0.6) is 0 Å². The number of aromatic nitrogens is 1. The lowest BCUT2D eigenvalue weighted by Crippen LogP contribution is -2.34. The van der Waals surface area contributed by atoms with Crippen LogP contribution < -0.4 is 5.32 Å². The fourth-order valence-electron chi connectivity index (χ4n) is 2.45. The van der Waals surface area contributed by atoms with Gasteiger partial charge in [0.25, 0.3) is 10.0 Å². The summed E-state index contributed by atoms with van der Waals surface area (Å²) in [7, 11) is -3.71. The summed E-state index contributed by atoms with van der Waals surface area (Å²) in [5.41, 5.74) is 1.47. The average Bonchev–Trinajstić information content (AvgIpc) is 2.81. The van der Waals surface area contributed by atoms with Gasteiger partial charge in [-0.25, -0.2) is 13.4 Å². The van der Waals surface area contributed by atoms with Crippen molar-refractivity contribution in [2.75, 3.05) is 19.6 Å². The number of hydrogen-bond acceptors (Lipinski definition) is 4. The molecule has 1 amide bonds. The van der Waals surface area contributed by atoms with E-state index in [0.29, 0.717) is 12.2 Å². The van der Waals surface area contributed by atoms with Gasteiger partial charge in [-0.15, -0.1) is 0 Å². The number of nitrogens with zero attached hydrogens (tertiary/aromatic N) is 2. The number of nitrogens with one attached hydrogen (secondary N) is 1. The maximum Gasteiger partial charge on any atom is 0.260 e. The Hall–Kier alpha value is -2.25. The predicted octanol–water partition coefficient (Wildman–Crippen LogP) is 1.26. The second-order valence-corrected chi connectivity index (χ2v) is 7.12. The third-order valence-corrected chi connectivity index (χ3v) is 5.47. The van der Waals surface area contributed by atoms with E-state index < -0.39 is 10.0 Å². The molecule has 0 spiro atoms. The first kappa shape index (κ1) is 15.6. The van der Waals surface area contributed by atoms with E-state index in [-0.39, 0.29) is 30.4 Å². The van der Waals surface area contributed by atoms with Gasteiger partial charge in [0.2, 0.25) is 5.91 Å². The van der Waals surface area contributed by atoms with Crippen molar-refractivity contribution in [3.05, 3.63) is 48.5 Å². The van der Waals surface area contributed by atoms with Gasteiger partial charge in [-0.1, -0.05) is 36.4 Å². The van der Waals surface area contributed by atoms with Gasteiger partial charge in [-0.2, -0.15) is 4.31 Å². The highest BCUT2D eigenvalue weighted by Gasteiger charge is 2.28. The molecule has 1 N–H and O–H groups in total. The van der Waals surface area contributed by atoms with Gasteiger partial charge in [0.05, 0.1) is 5.69 Å². The maximum absolute atomic E-state index is 12.8. The quantitative estimate of drug-likeness (QED) is 0.918. The molecule has 0 unspecified atom stereocenters. The normalized spacial score (nSPS) is 16.6. The Morgan fingerprint density at radius 3 is 2.57 bits per heavy atom. The van der Waals surface area contributed by atoms with Crippen LogP contribution in [-0.4, -0.2) is 43.2 Å². The number of hydrogen-bond donors (Lipinski definition) is 1. The Morgan fingerprint density at radius 1 is 1.00 bits per heavy atom. The summed E-state index contributed by atoms with van der Waals surface area (Å²) < 4.78 is 26.8. The zero-order chi connectivity index (χ0) is 16.3. The highest BCUT2D eigenvalue weighted by atomic mass is 32.2. The molecule has 0 saturated carbocycles. The molecule has 1 aromatic heterocycles. The summed E-state index contributed by atoms with van der Waals surface area (Å²) in [6, 6.07) is 14.4. The van der Waals surface area contributed by atoms with Gasteiger partial charge in [-0.3, -0.25) is 4.79 Å². The molecule has 1 aromatic carbocycles. The van der Waals surface area contributed by atoms with Crippen LogP contribution in [0.25, 0.3) is 11.3 Å². The van der Waals surface area contributed by atoms with E-state index in [1.807, 2.05) is 30.3 Å². The number of benzene rings is 1. The van der Waals surface area contributed by atoms with E-state index in [4.69, 9.17) is 0 Å². The van der Waals surface area contributed by atoms with Crippen molar-refractivity contribution in [3.8, 4) is 11.3 Å². The Labute approximate surface area is 135 Å². The van der Waals surface area contributed by atoms with Crippen LogP contribution in [0.15, 0.2) is 53.6 Å². The average molecular weight is 331 g/mol. The Kier molecular flexibility index (Phi) is 4.40. The summed E-state index contributed by atoms with van der Waals surface area (Å²) in [6.07, 6.45) is 0.164. The van der Waals surface area contributed by atoms with E-state index in [0.717, 1.165) is 5.56 Å². The largest absolute Gasteiger partial charge is 0.355 e. The molecule has 1 aliphatic heterocycles. The van der Waals surface area contributed by atoms with Crippen molar-refractivity contribution in [2.45, 2.75) is 11.4 Å². The van der Waals surface area contributed by atoms with E-state index >= 15 is 0 Å². The topological polar surface area (TPSA) is 79.4 Å². The Morgan fingerprint density at radius 2 is 1.78 bits per heavy atom. The van der Waals surface area contributed by atoms with E-state index in [9.17, 15) is 13.2 Å². The molecule has 0 radical (unpaired) electrons. The van der Waals surface area contributed by atoms with Crippen molar-refractivity contribution >= 4 is 15.9 Å². The number of amides is 1. The smallest absolute Gasteiger partial charge is 0.260 e. The van der Waals surface area contributed by atoms with Gasteiger partial charge in [0.15, 0.2) is 5.03 Å². The lowest BCUT2D eigenvalue weighted by molar-refractivity contribution is -0.120. The Bertz CT molecular complexity index is 806.